The molecule has 100 valence electrons. The molecule has 0 aliphatic carbocycles. The minimum atomic E-state index is -0.685. The predicted molar refractivity (Wildman–Crippen MR) is 72.9 cm³/mol. The highest BCUT2D eigenvalue weighted by Crippen LogP contribution is 2.26. The molecule has 18 heavy (non-hydrogen) atoms. The van der Waals surface area contributed by atoms with Crippen molar-refractivity contribution in [2.45, 2.75) is 31.4 Å². The fraction of sp³-hybridized carbons (Fsp3) is 0.583. The summed E-state index contributed by atoms with van der Waals surface area (Å²) in [7, 11) is 0. The van der Waals surface area contributed by atoms with Crippen LogP contribution < -0.4 is 10.6 Å². The molecule has 0 saturated carbocycles. The molecule has 1 aliphatic rings. The number of aliphatic hydroxyl groups is 1. The molecule has 6 heteroatoms. The third kappa shape index (κ3) is 3.68. The van der Waals surface area contributed by atoms with Crippen LogP contribution in [0.1, 0.15) is 30.2 Å². The third-order valence-corrected chi connectivity index (χ3v) is 4.35. The van der Waals surface area contributed by atoms with Gasteiger partial charge in [-0.3, -0.25) is 4.79 Å². The van der Waals surface area contributed by atoms with Gasteiger partial charge in [-0.15, -0.1) is 11.3 Å². The number of hydrogen-bond acceptors (Lipinski definition) is 4. The van der Waals surface area contributed by atoms with E-state index in [0.29, 0.717) is 4.34 Å². The van der Waals surface area contributed by atoms with Crippen LogP contribution in [0, 0.1) is 0 Å². The van der Waals surface area contributed by atoms with Crippen LogP contribution in [0.4, 0.5) is 0 Å². The quantitative estimate of drug-likeness (QED) is 0.790. The van der Waals surface area contributed by atoms with E-state index in [9.17, 15) is 9.90 Å². The Morgan fingerprint density at radius 2 is 2.44 bits per heavy atom. The lowest BCUT2D eigenvalue weighted by Crippen LogP contribution is -2.47. The third-order valence-electron chi connectivity index (χ3n) is 3.02. The maximum absolute atomic E-state index is 11.8. The van der Waals surface area contributed by atoms with Gasteiger partial charge in [-0.1, -0.05) is 18.0 Å². The standard InChI is InChI=1S/C12H17ClN2O2S/c13-11-5-4-10(18-11)9(16)7-15-12(17)8-3-1-2-6-14-8/h4-5,8-9,14,16H,1-3,6-7H2,(H,15,17). The Hall–Kier alpha value is -0.620. The zero-order valence-electron chi connectivity index (χ0n) is 9.99. The number of carbonyl (C=O) groups excluding carboxylic acids is 1. The highest BCUT2D eigenvalue weighted by atomic mass is 35.5. The molecule has 1 fully saturated rings. The van der Waals surface area contributed by atoms with Gasteiger partial charge in [0.25, 0.3) is 0 Å². The van der Waals surface area contributed by atoms with Crippen molar-refractivity contribution in [2.24, 2.45) is 0 Å². The minimum Gasteiger partial charge on any atom is -0.386 e. The van der Waals surface area contributed by atoms with Crippen molar-refractivity contribution in [3.8, 4) is 0 Å². The summed E-state index contributed by atoms with van der Waals surface area (Å²) in [5, 5.41) is 15.8. The van der Waals surface area contributed by atoms with Crippen molar-refractivity contribution in [3.05, 3.63) is 21.3 Å². The molecule has 0 aromatic carbocycles. The first-order valence-electron chi connectivity index (χ1n) is 6.11. The molecule has 0 spiro atoms. The van der Waals surface area contributed by atoms with Crippen LogP contribution in [-0.2, 0) is 4.79 Å². The Kier molecular flexibility index (Phi) is 5.00. The molecule has 4 nitrogen and oxygen atoms in total. The summed E-state index contributed by atoms with van der Waals surface area (Å²) in [6.07, 6.45) is 2.39. The van der Waals surface area contributed by atoms with Crippen LogP contribution in [-0.4, -0.2) is 30.1 Å². The SMILES string of the molecule is O=C(NCC(O)c1ccc(Cl)s1)C1CCCCN1. The molecule has 2 unspecified atom stereocenters. The molecule has 0 radical (unpaired) electrons. The fourth-order valence-corrected chi connectivity index (χ4v) is 3.05. The molecule has 0 bridgehead atoms. The maximum atomic E-state index is 11.8. The number of rotatable bonds is 4. The normalized spacial score (nSPS) is 21.6. The first-order valence-corrected chi connectivity index (χ1v) is 7.30. The summed E-state index contributed by atoms with van der Waals surface area (Å²) in [5.41, 5.74) is 0. The van der Waals surface area contributed by atoms with Gasteiger partial charge >= 0.3 is 0 Å². The first-order chi connectivity index (χ1) is 8.66. The zero-order valence-corrected chi connectivity index (χ0v) is 11.6. The van der Waals surface area contributed by atoms with Gasteiger partial charge in [-0.05, 0) is 31.5 Å². The fourth-order valence-electron chi connectivity index (χ4n) is 2.00. The van der Waals surface area contributed by atoms with Crippen LogP contribution in [0.15, 0.2) is 12.1 Å². The number of aliphatic hydroxyl groups excluding tert-OH is 1. The Morgan fingerprint density at radius 1 is 1.61 bits per heavy atom. The number of piperidine rings is 1. The van der Waals surface area contributed by atoms with Gasteiger partial charge in [0.1, 0.15) is 6.10 Å². The number of amides is 1. The van der Waals surface area contributed by atoms with Gasteiger partial charge < -0.3 is 15.7 Å². The van der Waals surface area contributed by atoms with E-state index in [2.05, 4.69) is 10.6 Å². The molecule has 1 aromatic heterocycles. The molecule has 1 saturated heterocycles. The molecule has 1 amide bonds. The van der Waals surface area contributed by atoms with E-state index in [0.717, 1.165) is 30.7 Å². The van der Waals surface area contributed by atoms with Crippen LogP contribution >= 0.6 is 22.9 Å². The van der Waals surface area contributed by atoms with Crippen molar-refractivity contribution in [2.75, 3.05) is 13.1 Å². The molecular formula is C12H17ClN2O2S. The second-order valence-corrected chi connectivity index (χ2v) is 6.15. The number of thiophene rings is 1. The van der Waals surface area contributed by atoms with Crippen molar-refractivity contribution in [1.82, 2.24) is 10.6 Å². The number of hydrogen-bond donors (Lipinski definition) is 3. The predicted octanol–water partition coefficient (Wildman–Crippen LogP) is 1.69. The Balaban J connectivity index is 1.78. The van der Waals surface area contributed by atoms with Crippen molar-refractivity contribution < 1.29 is 9.90 Å². The van der Waals surface area contributed by atoms with Gasteiger partial charge in [0, 0.05) is 11.4 Å². The molecule has 2 atom stereocenters. The molecule has 1 aliphatic heterocycles. The lowest BCUT2D eigenvalue weighted by molar-refractivity contribution is -0.124. The Morgan fingerprint density at radius 3 is 3.06 bits per heavy atom. The van der Waals surface area contributed by atoms with Gasteiger partial charge in [-0.25, -0.2) is 0 Å². The van der Waals surface area contributed by atoms with E-state index in [1.807, 2.05) is 0 Å². The average Bonchev–Trinajstić information content (AvgIpc) is 2.83. The molecular weight excluding hydrogens is 272 g/mol. The molecule has 3 N–H and O–H groups in total. The lowest BCUT2D eigenvalue weighted by Gasteiger charge is -2.23. The molecule has 2 rings (SSSR count). The van der Waals surface area contributed by atoms with Gasteiger partial charge in [0.05, 0.1) is 10.4 Å². The van der Waals surface area contributed by atoms with E-state index in [1.54, 1.807) is 12.1 Å². The largest absolute Gasteiger partial charge is 0.386 e. The van der Waals surface area contributed by atoms with Crippen LogP contribution in [0.3, 0.4) is 0 Å². The zero-order chi connectivity index (χ0) is 13.0. The van der Waals surface area contributed by atoms with E-state index < -0.39 is 6.10 Å². The second kappa shape index (κ2) is 6.52. The van der Waals surface area contributed by atoms with Crippen molar-refractivity contribution in [3.63, 3.8) is 0 Å². The number of carbonyl (C=O) groups is 1. The summed E-state index contributed by atoms with van der Waals surface area (Å²) < 4.78 is 0.643. The van der Waals surface area contributed by atoms with Crippen LogP contribution in [0.5, 0.6) is 0 Å². The summed E-state index contributed by atoms with van der Waals surface area (Å²) >= 11 is 7.13. The van der Waals surface area contributed by atoms with E-state index in [1.165, 1.54) is 11.3 Å². The van der Waals surface area contributed by atoms with E-state index in [-0.39, 0.29) is 18.5 Å². The number of halogens is 1. The summed E-state index contributed by atoms with van der Waals surface area (Å²) in [4.78, 5) is 12.6. The van der Waals surface area contributed by atoms with Gasteiger partial charge in [-0.2, -0.15) is 0 Å². The first kappa shape index (κ1) is 13.8. The Bertz CT molecular complexity index is 405. The topological polar surface area (TPSA) is 61.4 Å². The van der Waals surface area contributed by atoms with Gasteiger partial charge in [0.15, 0.2) is 0 Å². The summed E-state index contributed by atoms with van der Waals surface area (Å²) in [6.45, 7) is 1.12. The molecule has 1 aromatic rings. The number of nitrogens with one attached hydrogen (secondary N) is 2. The van der Waals surface area contributed by atoms with Crippen LogP contribution in [0.25, 0.3) is 0 Å². The highest BCUT2D eigenvalue weighted by molar-refractivity contribution is 7.16. The molecule has 2 heterocycles. The minimum absolute atomic E-state index is 0.0311. The Labute approximate surface area is 115 Å². The van der Waals surface area contributed by atoms with Crippen molar-refractivity contribution >= 4 is 28.8 Å². The average molecular weight is 289 g/mol. The van der Waals surface area contributed by atoms with Crippen LogP contribution in [0.2, 0.25) is 4.34 Å². The summed E-state index contributed by atoms with van der Waals surface area (Å²) in [5.74, 6) is -0.0311. The highest BCUT2D eigenvalue weighted by Gasteiger charge is 2.21. The van der Waals surface area contributed by atoms with E-state index in [4.69, 9.17) is 11.6 Å². The maximum Gasteiger partial charge on any atom is 0.237 e. The second-order valence-electron chi connectivity index (χ2n) is 4.41. The van der Waals surface area contributed by atoms with Crippen molar-refractivity contribution in [1.29, 1.82) is 0 Å². The van der Waals surface area contributed by atoms with E-state index >= 15 is 0 Å². The summed E-state index contributed by atoms with van der Waals surface area (Å²) in [6, 6.07) is 3.41. The lowest BCUT2D eigenvalue weighted by atomic mass is 10.0. The smallest absolute Gasteiger partial charge is 0.237 e. The van der Waals surface area contributed by atoms with Gasteiger partial charge in [0.2, 0.25) is 5.91 Å². The monoisotopic (exact) mass is 288 g/mol.